The van der Waals surface area contributed by atoms with Crippen LogP contribution in [0.2, 0.25) is 0 Å². The van der Waals surface area contributed by atoms with Crippen molar-refractivity contribution >= 4 is 11.7 Å². The molecule has 0 spiro atoms. The second-order valence-corrected chi connectivity index (χ2v) is 4.32. The van der Waals surface area contributed by atoms with Crippen molar-refractivity contribution in [2.75, 3.05) is 5.73 Å². The van der Waals surface area contributed by atoms with Crippen LogP contribution < -0.4 is 5.73 Å². The fourth-order valence-electron chi connectivity index (χ4n) is 1.68. The molecule has 0 saturated carbocycles. The molecule has 0 radical (unpaired) electrons. The van der Waals surface area contributed by atoms with E-state index in [1.54, 1.807) is 42.5 Å². The summed E-state index contributed by atoms with van der Waals surface area (Å²) in [6, 6.07) is 11.6. The maximum absolute atomic E-state index is 11.8. The first-order valence-electron chi connectivity index (χ1n) is 5.87. The Bertz CT molecular complexity index is 608. The molecule has 0 aliphatic heterocycles. The highest BCUT2D eigenvalue weighted by molar-refractivity contribution is 5.90. The highest BCUT2D eigenvalue weighted by atomic mass is 16.5. The molecule has 19 heavy (non-hydrogen) atoms. The number of phenols is 1. The van der Waals surface area contributed by atoms with Crippen LogP contribution in [-0.2, 0) is 11.3 Å². The smallest absolute Gasteiger partial charge is 0.338 e. The van der Waals surface area contributed by atoms with Crippen LogP contribution in [0.4, 0.5) is 5.69 Å². The highest BCUT2D eigenvalue weighted by Crippen LogP contribution is 2.15. The molecule has 2 aromatic carbocycles. The largest absolute Gasteiger partial charge is 0.508 e. The van der Waals surface area contributed by atoms with Crippen LogP contribution in [0.5, 0.6) is 5.75 Å². The van der Waals surface area contributed by atoms with Gasteiger partial charge in [-0.25, -0.2) is 4.79 Å². The van der Waals surface area contributed by atoms with Crippen molar-refractivity contribution < 1.29 is 14.6 Å². The summed E-state index contributed by atoms with van der Waals surface area (Å²) in [5, 5.41) is 9.31. The maximum Gasteiger partial charge on any atom is 0.338 e. The zero-order valence-corrected chi connectivity index (χ0v) is 10.6. The number of carbonyl (C=O) groups is 1. The van der Waals surface area contributed by atoms with Crippen LogP contribution in [0.25, 0.3) is 0 Å². The Labute approximate surface area is 111 Å². The fraction of sp³-hybridized carbons (Fsp3) is 0.133. The molecule has 0 amide bonds. The lowest BCUT2D eigenvalue weighted by Gasteiger charge is -2.07. The van der Waals surface area contributed by atoms with E-state index in [9.17, 15) is 9.90 Å². The molecule has 0 atom stereocenters. The monoisotopic (exact) mass is 257 g/mol. The average molecular weight is 257 g/mol. The summed E-state index contributed by atoms with van der Waals surface area (Å²) in [4.78, 5) is 11.8. The first-order valence-corrected chi connectivity index (χ1v) is 5.87. The molecule has 0 bridgehead atoms. The predicted molar refractivity (Wildman–Crippen MR) is 72.8 cm³/mol. The average Bonchev–Trinajstić information content (AvgIpc) is 2.39. The molecule has 2 rings (SSSR count). The van der Waals surface area contributed by atoms with Crippen LogP contribution in [0, 0.1) is 6.92 Å². The number of benzene rings is 2. The van der Waals surface area contributed by atoms with Crippen molar-refractivity contribution in [1.29, 1.82) is 0 Å². The Morgan fingerprint density at radius 1 is 1.26 bits per heavy atom. The number of ether oxygens (including phenoxy) is 1. The van der Waals surface area contributed by atoms with E-state index in [-0.39, 0.29) is 12.4 Å². The van der Waals surface area contributed by atoms with E-state index in [4.69, 9.17) is 10.5 Å². The maximum atomic E-state index is 11.8. The fourth-order valence-corrected chi connectivity index (χ4v) is 1.68. The number of hydrogen-bond acceptors (Lipinski definition) is 4. The summed E-state index contributed by atoms with van der Waals surface area (Å²) in [5.74, 6) is -0.261. The van der Waals surface area contributed by atoms with Crippen LogP contribution in [-0.4, -0.2) is 11.1 Å². The van der Waals surface area contributed by atoms with Crippen molar-refractivity contribution in [2.45, 2.75) is 13.5 Å². The second kappa shape index (κ2) is 5.44. The van der Waals surface area contributed by atoms with Crippen molar-refractivity contribution in [2.24, 2.45) is 0 Å². The molecule has 4 heteroatoms. The van der Waals surface area contributed by atoms with Crippen molar-refractivity contribution in [3.05, 3.63) is 59.2 Å². The SMILES string of the molecule is Cc1cc(C(=O)OCc2cccc(O)c2)ccc1N. The number of esters is 1. The minimum Gasteiger partial charge on any atom is -0.508 e. The van der Waals surface area contributed by atoms with E-state index >= 15 is 0 Å². The highest BCUT2D eigenvalue weighted by Gasteiger charge is 2.08. The summed E-state index contributed by atoms with van der Waals surface area (Å²) in [6.07, 6.45) is 0. The van der Waals surface area contributed by atoms with Crippen LogP contribution in [0.1, 0.15) is 21.5 Å². The van der Waals surface area contributed by atoms with Gasteiger partial charge in [0.1, 0.15) is 12.4 Å². The van der Waals surface area contributed by atoms with Gasteiger partial charge in [-0.3, -0.25) is 0 Å². The first-order chi connectivity index (χ1) is 9.06. The van der Waals surface area contributed by atoms with E-state index in [2.05, 4.69) is 0 Å². The van der Waals surface area contributed by atoms with Gasteiger partial charge in [-0.1, -0.05) is 12.1 Å². The number of phenolic OH excluding ortho intramolecular Hbond substituents is 1. The standard InChI is InChI=1S/C15H15NO3/c1-10-7-12(5-6-14(10)16)15(18)19-9-11-3-2-4-13(17)8-11/h2-8,17H,9,16H2,1H3. The summed E-state index contributed by atoms with van der Waals surface area (Å²) in [7, 11) is 0. The van der Waals surface area contributed by atoms with E-state index in [0.29, 0.717) is 11.3 Å². The molecule has 0 unspecified atom stereocenters. The second-order valence-electron chi connectivity index (χ2n) is 4.32. The molecule has 0 aliphatic rings. The zero-order valence-electron chi connectivity index (χ0n) is 10.6. The van der Waals surface area contributed by atoms with Gasteiger partial charge in [0.15, 0.2) is 0 Å². The van der Waals surface area contributed by atoms with Crippen LogP contribution in [0.3, 0.4) is 0 Å². The topological polar surface area (TPSA) is 72.5 Å². The number of carbonyl (C=O) groups excluding carboxylic acids is 1. The van der Waals surface area contributed by atoms with E-state index in [0.717, 1.165) is 11.1 Å². The van der Waals surface area contributed by atoms with Crippen molar-refractivity contribution in [3.8, 4) is 5.75 Å². The third-order valence-corrected chi connectivity index (χ3v) is 2.79. The quantitative estimate of drug-likeness (QED) is 0.655. The molecule has 98 valence electrons. The van der Waals surface area contributed by atoms with E-state index < -0.39 is 5.97 Å². The summed E-state index contributed by atoms with van der Waals surface area (Å²) >= 11 is 0. The van der Waals surface area contributed by atoms with Gasteiger partial charge in [0, 0.05) is 5.69 Å². The molecule has 2 aromatic rings. The molecule has 4 nitrogen and oxygen atoms in total. The van der Waals surface area contributed by atoms with Crippen molar-refractivity contribution in [3.63, 3.8) is 0 Å². The van der Waals surface area contributed by atoms with Gasteiger partial charge in [-0.2, -0.15) is 0 Å². The Balaban J connectivity index is 2.03. The summed E-state index contributed by atoms with van der Waals surface area (Å²) in [6.45, 7) is 1.96. The lowest BCUT2D eigenvalue weighted by molar-refractivity contribution is 0.0472. The van der Waals surface area contributed by atoms with Crippen molar-refractivity contribution in [1.82, 2.24) is 0 Å². The zero-order chi connectivity index (χ0) is 13.8. The molecular weight excluding hydrogens is 242 g/mol. The number of nitrogen functional groups attached to an aromatic ring is 1. The van der Waals surface area contributed by atoms with Gasteiger partial charge in [0.05, 0.1) is 5.56 Å². The molecular formula is C15H15NO3. The van der Waals surface area contributed by atoms with Gasteiger partial charge in [-0.05, 0) is 48.4 Å². The van der Waals surface area contributed by atoms with Gasteiger partial charge in [0.2, 0.25) is 0 Å². The Morgan fingerprint density at radius 2 is 2.05 bits per heavy atom. The molecule has 0 aromatic heterocycles. The molecule has 0 heterocycles. The van der Waals surface area contributed by atoms with Gasteiger partial charge in [0.25, 0.3) is 0 Å². The lowest BCUT2D eigenvalue weighted by atomic mass is 10.1. The lowest BCUT2D eigenvalue weighted by Crippen LogP contribution is -2.06. The number of anilines is 1. The third kappa shape index (κ3) is 3.25. The Hall–Kier alpha value is -2.49. The predicted octanol–water partition coefficient (Wildman–Crippen LogP) is 2.64. The minimum absolute atomic E-state index is 0.122. The summed E-state index contributed by atoms with van der Waals surface area (Å²) in [5.41, 5.74) is 8.37. The normalized spacial score (nSPS) is 10.2. The van der Waals surface area contributed by atoms with Crippen LogP contribution >= 0.6 is 0 Å². The van der Waals surface area contributed by atoms with E-state index in [1.165, 1.54) is 0 Å². The first kappa shape index (κ1) is 13.0. The molecule has 3 N–H and O–H groups in total. The number of hydrogen-bond donors (Lipinski definition) is 2. The molecule has 0 fully saturated rings. The number of aryl methyl sites for hydroxylation is 1. The minimum atomic E-state index is -0.411. The van der Waals surface area contributed by atoms with Gasteiger partial charge in [-0.15, -0.1) is 0 Å². The third-order valence-electron chi connectivity index (χ3n) is 2.79. The number of aromatic hydroxyl groups is 1. The van der Waals surface area contributed by atoms with Gasteiger partial charge >= 0.3 is 5.97 Å². The molecule has 0 aliphatic carbocycles. The van der Waals surface area contributed by atoms with E-state index in [1.807, 2.05) is 6.92 Å². The van der Waals surface area contributed by atoms with Crippen LogP contribution in [0.15, 0.2) is 42.5 Å². The summed E-state index contributed by atoms with van der Waals surface area (Å²) < 4.78 is 5.17. The Morgan fingerprint density at radius 3 is 2.74 bits per heavy atom. The molecule has 0 saturated heterocycles. The van der Waals surface area contributed by atoms with Gasteiger partial charge < -0.3 is 15.6 Å². The number of nitrogens with two attached hydrogens (primary N) is 1. The number of rotatable bonds is 3. The Kier molecular flexibility index (Phi) is 3.71.